The third kappa shape index (κ3) is 3.53. The average Bonchev–Trinajstić information content (AvgIpc) is 2.70. The molecule has 0 bridgehead atoms. The number of halogens is 1. The van der Waals surface area contributed by atoms with Gasteiger partial charge in [0.05, 0.1) is 7.11 Å². The van der Waals surface area contributed by atoms with E-state index in [4.69, 9.17) is 4.74 Å². The van der Waals surface area contributed by atoms with Crippen LogP contribution in [0.1, 0.15) is 37.8 Å². The number of aryl methyl sites for hydroxylation is 1. The van der Waals surface area contributed by atoms with Crippen LogP contribution >= 0.6 is 0 Å². The summed E-state index contributed by atoms with van der Waals surface area (Å²) in [5.74, 6) is 0.0591. The molecule has 110 valence electrons. The van der Waals surface area contributed by atoms with Gasteiger partial charge in [0, 0.05) is 11.1 Å². The second kappa shape index (κ2) is 7.10. The fraction of sp³-hybridized carbons (Fsp3) is 0.316. The second-order valence-electron chi connectivity index (χ2n) is 5.19. The molecule has 1 nitrogen and oxygen atoms in total. The third-order valence-electron chi connectivity index (χ3n) is 3.57. The molecule has 1 aliphatic rings. The summed E-state index contributed by atoms with van der Waals surface area (Å²) in [6.07, 6.45) is 10.6. The summed E-state index contributed by atoms with van der Waals surface area (Å²) in [7, 11) is 1.52. The molecule has 0 heterocycles. The second-order valence-corrected chi connectivity index (χ2v) is 5.19. The summed E-state index contributed by atoms with van der Waals surface area (Å²) in [6.45, 7) is 4.13. The van der Waals surface area contributed by atoms with E-state index in [1.54, 1.807) is 0 Å². The molecule has 1 aliphatic carbocycles. The van der Waals surface area contributed by atoms with E-state index in [0.717, 1.165) is 36.0 Å². The van der Waals surface area contributed by atoms with Crippen molar-refractivity contribution >= 4 is 5.57 Å². The van der Waals surface area contributed by atoms with Gasteiger partial charge < -0.3 is 4.74 Å². The van der Waals surface area contributed by atoms with Crippen molar-refractivity contribution < 1.29 is 9.13 Å². The number of unbranched alkanes of at least 4 members (excludes halogenated alkanes) is 1. The largest absolute Gasteiger partial charge is 0.493 e. The Bertz CT molecular complexity index is 644. The highest BCUT2D eigenvalue weighted by molar-refractivity contribution is 5.76. The molecule has 1 aromatic carbocycles. The van der Waals surface area contributed by atoms with Gasteiger partial charge in [-0.15, -0.1) is 5.73 Å². The maximum atomic E-state index is 14.7. The highest BCUT2D eigenvalue weighted by atomic mass is 19.1. The molecule has 2 rings (SSSR count). The van der Waals surface area contributed by atoms with Crippen LogP contribution in [0.5, 0.6) is 5.75 Å². The fourth-order valence-corrected chi connectivity index (χ4v) is 2.34. The summed E-state index contributed by atoms with van der Waals surface area (Å²) in [6, 6.07) is 3.78. The van der Waals surface area contributed by atoms with Crippen LogP contribution in [-0.4, -0.2) is 7.11 Å². The van der Waals surface area contributed by atoms with E-state index in [1.807, 2.05) is 43.4 Å². The van der Waals surface area contributed by atoms with Crippen LogP contribution in [-0.2, 0) is 6.42 Å². The van der Waals surface area contributed by atoms with Crippen LogP contribution in [0.4, 0.5) is 4.39 Å². The third-order valence-corrected chi connectivity index (χ3v) is 3.57. The smallest absolute Gasteiger partial charge is 0.173 e. The summed E-state index contributed by atoms with van der Waals surface area (Å²) < 4.78 is 20.0. The van der Waals surface area contributed by atoms with Crippen LogP contribution in [0.25, 0.3) is 5.57 Å². The molecule has 0 aliphatic heterocycles. The molecule has 0 unspecified atom stereocenters. The lowest BCUT2D eigenvalue weighted by Gasteiger charge is -2.12. The van der Waals surface area contributed by atoms with Gasteiger partial charge in [0.2, 0.25) is 0 Å². The van der Waals surface area contributed by atoms with Crippen molar-refractivity contribution in [2.45, 2.75) is 33.1 Å². The molecular weight excluding hydrogens is 263 g/mol. The van der Waals surface area contributed by atoms with E-state index in [-0.39, 0.29) is 5.82 Å². The highest BCUT2D eigenvalue weighted by Gasteiger charge is 2.15. The number of benzene rings is 1. The Kier molecular flexibility index (Phi) is 5.19. The minimum absolute atomic E-state index is 0.300. The fourth-order valence-electron chi connectivity index (χ4n) is 2.34. The Labute approximate surface area is 126 Å². The SMILES string of the molecule is CCCCc1ccc(C2=C=CC=C(C)C=C2)c(F)c1OC. The minimum atomic E-state index is -0.300. The molecule has 1 aromatic rings. The van der Waals surface area contributed by atoms with Crippen molar-refractivity contribution in [3.8, 4) is 5.75 Å². The Balaban J connectivity index is 2.43. The average molecular weight is 284 g/mol. The van der Waals surface area contributed by atoms with Gasteiger partial charge in [-0.3, -0.25) is 0 Å². The van der Waals surface area contributed by atoms with Crippen molar-refractivity contribution in [2.75, 3.05) is 7.11 Å². The Morgan fingerprint density at radius 2 is 2.05 bits per heavy atom. The van der Waals surface area contributed by atoms with Crippen molar-refractivity contribution in [2.24, 2.45) is 0 Å². The number of hydrogen-bond acceptors (Lipinski definition) is 1. The molecule has 0 radical (unpaired) electrons. The van der Waals surface area contributed by atoms with Crippen molar-refractivity contribution in [3.05, 3.63) is 64.7 Å². The predicted molar refractivity (Wildman–Crippen MR) is 86.0 cm³/mol. The number of allylic oxidation sites excluding steroid dienone is 5. The van der Waals surface area contributed by atoms with E-state index in [9.17, 15) is 4.39 Å². The first kappa shape index (κ1) is 15.3. The maximum Gasteiger partial charge on any atom is 0.173 e. The van der Waals surface area contributed by atoms with E-state index < -0.39 is 0 Å². The maximum absolute atomic E-state index is 14.7. The molecule has 0 fully saturated rings. The summed E-state index contributed by atoms with van der Waals surface area (Å²) in [4.78, 5) is 0. The molecule has 0 N–H and O–H groups in total. The first-order valence-electron chi connectivity index (χ1n) is 7.34. The zero-order chi connectivity index (χ0) is 15.2. The minimum Gasteiger partial charge on any atom is -0.493 e. The first-order valence-corrected chi connectivity index (χ1v) is 7.34. The quantitative estimate of drug-likeness (QED) is 0.673. The van der Waals surface area contributed by atoms with Gasteiger partial charge in [0.1, 0.15) is 0 Å². The Morgan fingerprint density at radius 1 is 1.24 bits per heavy atom. The van der Waals surface area contributed by atoms with Crippen LogP contribution in [0.2, 0.25) is 0 Å². The summed E-state index contributed by atoms with van der Waals surface area (Å²) in [5, 5.41) is 0. The molecule has 0 saturated heterocycles. The van der Waals surface area contributed by atoms with E-state index in [2.05, 4.69) is 12.7 Å². The number of ether oxygens (including phenoxy) is 1. The zero-order valence-corrected chi connectivity index (χ0v) is 12.9. The molecular formula is C19H21FO. The standard InChI is InChI=1S/C19H21FO/c1-4-5-8-16-12-13-17(18(20)19(16)21-3)15-9-6-7-14(2)10-11-15/h6-7,10-13H,4-5,8H2,1-3H3. The van der Waals surface area contributed by atoms with Gasteiger partial charge in [0.15, 0.2) is 11.6 Å². The van der Waals surface area contributed by atoms with Crippen LogP contribution in [0.3, 0.4) is 0 Å². The van der Waals surface area contributed by atoms with Gasteiger partial charge in [-0.05, 0) is 37.5 Å². The normalized spacial score (nSPS) is 13.7. The lowest BCUT2D eigenvalue weighted by atomic mass is 9.99. The lowest BCUT2D eigenvalue weighted by Crippen LogP contribution is -1.99. The number of rotatable bonds is 5. The summed E-state index contributed by atoms with van der Waals surface area (Å²) >= 11 is 0. The molecule has 21 heavy (non-hydrogen) atoms. The predicted octanol–water partition coefficient (Wildman–Crippen LogP) is 5.23. The van der Waals surface area contributed by atoms with E-state index in [0.29, 0.717) is 11.3 Å². The van der Waals surface area contributed by atoms with Gasteiger partial charge in [-0.2, -0.15) is 0 Å². The molecule has 0 atom stereocenters. The van der Waals surface area contributed by atoms with E-state index in [1.165, 1.54) is 7.11 Å². The van der Waals surface area contributed by atoms with Crippen molar-refractivity contribution in [1.82, 2.24) is 0 Å². The lowest BCUT2D eigenvalue weighted by molar-refractivity contribution is 0.380. The van der Waals surface area contributed by atoms with Crippen LogP contribution < -0.4 is 4.74 Å². The molecule has 0 aromatic heterocycles. The van der Waals surface area contributed by atoms with Gasteiger partial charge >= 0.3 is 0 Å². The van der Waals surface area contributed by atoms with Crippen molar-refractivity contribution in [1.29, 1.82) is 0 Å². The van der Waals surface area contributed by atoms with Gasteiger partial charge in [-0.1, -0.05) is 43.2 Å². The van der Waals surface area contributed by atoms with Crippen LogP contribution in [0.15, 0.2) is 47.7 Å². The Morgan fingerprint density at radius 3 is 2.76 bits per heavy atom. The molecule has 0 spiro atoms. The van der Waals surface area contributed by atoms with Crippen molar-refractivity contribution in [3.63, 3.8) is 0 Å². The molecule has 2 heteroatoms. The topological polar surface area (TPSA) is 9.23 Å². The van der Waals surface area contributed by atoms with Gasteiger partial charge in [0.25, 0.3) is 0 Å². The summed E-state index contributed by atoms with van der Waals surface area (Å²) in [5.41, 5.74) is 6.43. The molecule has 0 amide bonds. The number of hydrogen-bond donors (Lipinski definition) is 0. The zero-order valence-electron chi connectivity index (χ0n) is 12.9. The first-order chi connectivity index (χ1) is 10.2. The number of methoxy groups -OCH3 is 1. The highest BCUT2D eigenvalue weighted by Crippen LogP contribution is 2.31. The Hall–Kier alpha value is -2.05. The van der Waals surface area contributed by atoms with E-state index >= 15 is 0 Å². The van der Waals surface area contributed by atoms with Gasteiger partial charge in [-0.25, -0.2) is 4.39 Å². The van der Waals surface area contributed by atoms with Crippen LogP contribution in [0, 0.1) is 5.82 Å². The molecule has 0 saturated carbocycles. The monoisotopic (exact) mass is 284 g/mol.